The number of fused-ring (bicyclic) bond motifs is 1. The quantitative estimate of drug-likeness (QED) is 0.761. The average molecular weight is 255 g/mol. The summed E-state index contributed by atoms with van der Waals surface area (Å²) in [5, 5.41) is 12.7. The Kier molecular flexibility index (Phi) is 4.64. The molecule has 2 aliphatic heterocycles. The van der Waals surface area contributed by atoms with E-state index < -0.39 is 0 Å². The summed E-state index contributed by atoms with van der Waals surface area (Å²) >= 11 is 0. The first-order chi connectivity index (χ1) is 8.58. The van der Waals surface area contributed by atoms with Crippen LogP contribution in [0.2, 0.25) is 0 Å². The molecule has 3 atom stereocenters. The van der Waals surface area contributed by atoms with Gasteiger partial charge in [0.2, 0.25) is 0 Å². The van der Waals surface area contributed by atoms with Crippen molar-refractivity contribution in [2.75, 3.05) is 46.9 Å². The third-order valence-corrected chi connectivity index (χ3v) is 4.95. The molecule has 3 unspecified atom stereocenters. The van der Waals surface area contributed by atoms with Gasteiger partial charge in [0.1, 0.15) is 0 Å². The number of likely N-dealkylation sites (tertiary alicyclic amines) is 2. The van der Waals surface area contributed by atoms with Crippen molar-refractivity contribution in [2.45, 2.75) is 37.8 Å². The van der Waals surface area contributed by atoms with Crippen LogP contribution < -0.4 is 5.32 Å². The van der Waals surface area contributed by atoms with E-state index in [-0.39, 0.29) is 12.1 Å². The maximum Gasteiger partial charge on any atom is 0.0623 e. The first kappa shape index (κ1) is 14.3. The minimum absolute atomic E-state index is 0.159. The molecule has 106 valence electrons. The van der Waals surface area contributed by atoms with Crippen LogP contribution in [-0.4, -0.2) is 73.4 Å². The first-order valence-corrected chi connectivity index (χ1v) is 7.30. The zero-order valence-corrected chi connectivity index (χ0v) is 12.2. The second-order valence-electron chi connectivity index (χ2n) is 6.44. The second-order valence-corrected chi connectivity index (χ2v) is 6.44. The van der Waals surface area contributed by atoms with Crippen molar-refractivity contribution in [1.29, 1.82) is 0 Å². The van der Waals surface area contributed by atoms with Gasteiger partial charge in [-0.15, -0.1) is 0 Å². The summed E-state index contributed by atoms with van der Waals surface area (Å²) in [4.78, 5) is 5.09. The van der Waals surface area contributed by atoms with Crippen molar-refractivity contribution in [3.05, 3.63) is 0 Å². The first-order valence-electron chi connectivity index (χ1n) is 7.30. The van der Waals surface area contributed by atoms with Gasteiger partial charge in [-0.25, -0.2) is 0 Å². The van der Waals surface area contributed by atoms with Crippen molar-refractivity contribution in [1.82, 2.24) is 15.1 Å². The summed E-state index contributed by atoms with van der Waals surface area (Å²) < 4.78 is 0. The zero-order valence-electron chi connectivity index (χ0n) is 12.2. The maximum atomic E-state index is 9.49. The lowest BCUT2D eigenvalue weighted by Crippen LogP contribution is -2.58. The fourth-order valence-electron chi connectivity index (χ4n) is 3.57. The minimum Gasteiger partial charge on any atom is -0.394 e. The molecular weight excluding hydrogens is 226 g/mol. The Balaban J connectivity index is 1.90. The summed E-state index contributed by atoms with van der Waals surface area (Å²) in [5.41, 5.74) is -0.159. The number of likely N-dealkylation sites (N-methyl/N-ethyl adjacent to an activating group) is 1. The molecule has 0 bridgehead atoms. The van der Waals surface area contributed by atoms with Gasteiger partial charge in [-0.05, 0) is 59.3 Å². The molecule has 2 aliphatic rings. The molecule has 2 rings (SSSR count). The number of nitrogens with zero attached hydrogens (tertiary/aromatic N) is 2. The molecule has 4 nitrogen and oxygen atoms in total. The molecule has 2 heterocycles. The summed E-state index contributed by atoms with van der Waals surface area (Å²) in [6.45, 7) is 6.90. The van der Waals surface area contributed by atoms with Crippen molar-refractivity contribution < 1.29 is 5.11 Å². The molecule has 0 spiro atoms. The highest BCUT2D eigenvalue weighted by atomic mass is 16.3. The highest BCUT2D eigenvalue weighted by Crippen LogP contribution is 2.29. The predicted molar refractivity (Wildman–Crippen MR) is 74.7 cm³/mol. The van der Waals surface area contributed by atoms with E-state index in [1.807, 2.05) is 7.05 Å². The Morgan fingerprint density at radius 2 is 2.11 bits per heavy atom. The molecule has 0 aromatic carbocycles. The Labute approximate surface area is 111 Å². The predicted octanol–water partition coefficient (Wildman–Crippen LogP) is 0.373. The van der Waals surface area contributed by atoms with Gasteiger partial charge in [0.05, 0.1) is 12.1 Å². The van der Waals surface area contributed by atoms with Crippen LogP contribution in [0, 0.1) is 5.92 Å². The van der Waals surface area contributed by atoms with Gasteiger partial charge in [-0.1, -0.05) is 0 Å². The Morgan fingerprint density at radius 1 is 1.33 bits per heavy atom. The van der Waals surface area contributed by atoms with Gasteiger partial charge in [-0.2, -0.15) is 0 Å². The van der Waals surface area contributed by atoms with E-state index in [0.717, 1.165) is 18.5 Å². The van der Waals surface area contributed by atoms with Crippen molar-refractivity contribution >= 4 is 0 Å². The lowest BCUT2D eigenvalue weighted by atomic mass is 9.83. The SMILES string of the molecule is CNC(C)(CO)CN1CCC2C(CCCN2C)C1. The average Bonchev–Trinajstić information content (AvgIpc) is 2.39. The van der Waals surface area contributed by atoms with Crippen molar-refractivity contribution in [2.24, 2.45) is 5.92 Å². The number of hydrogen-bond donors (Lipinski definition) is 2. The summed E-state index contributed by atoms with van der Waals surface area (Å²) in [5.74, 6) is 0.831. The smallest absolute Gasteiger partial charge is 0.0623 e. The van der Waals surface area contributed by atoms with E-state index >= 15 is 0 Å². The molecule has 0 amide bonds. The molecule has 0 aromatic heterocycles. The van der Waals surface area contributed by atoms with Crippen LogP contribution in [0.15, 0.2) is 0 Å². The van der Waals surface area contributed by atoms with E-state index in [2.05, 4.69) is 29.1 Å². The zero-order chi connectivity index (χ0) is 13.2. The molecule has 2 N–H and O–H groups in total. The fourth-order valence-corrected chi connectivity index (χ4v) is 3.57. The third kappa shape index (κ3) is 3.05. The summed E-state index contributed by atoms with van der Waals surface area (Å²) in [7, 11) is 4.22. The van der Waals surface area contributed by atoms with E-state index in [0.29, 0.717) is 0 Å². The van der Waals surface area contributed by atoms with Crippen LogP contribution in [0.3, 0.4) is 0 Å². The van der Waals surface area contributed by atoms with Crippen molar-refractivity contribution in [3.63, 3.8) is 0 Å². The van der Waals surface area contributed by atoms with Gasteiger partial charge in [0.15, 0.2) is 0 Å². The van der Waals surface area contributed by atoms with Gasteiger partial charge >= 0.3 is 0 Å². The molecule has 0 radical (unpaired) electrons. The van der Waals surface area contributed by atoms with E-state index in [4.69, 9.17) is 0 Å². The largest absolute Gasteiger partial charge is 0.394 e. The lowest BCUT2D eigenvalue weighted by Gasteiger charge is -2.47. The molecule has 0 aromatic rings. The Hall–Kier alpha value is -0.160. The van der Waals surface area contributed by atoms with Gasteiger partial charge in [0, 0.05) is 19.1 Å². The fraction of sp³-hybridized carbons (Fsp3) is 1.00. The molecule has 18 heavy (non-hydrogen) atoms. The van der Waals surface area contributed by atoms with Gasteiger partial charge < -0.3 is 20.2 Å². The Morgan fingerprint density at radius 3 is 2.78 bits per heavy atom. The highest BCUT2D eigenvalue weighted by molar-refractivity contribution is 4.92. The molecule has 0 saturated carbocycles. The van der Waals surface area contributed by atoms with Crippen LogP contribution in [0.1, 0.15) is 26.2 Å². The standard InChI is InChI=1S/C14H29N3O/c1-14(11-18,15-2)10-17-8-6-13-12(9-17)5-4-7-16(13)3/h12-13,15,18H,4-11H2,1-3H3. The normalized spacial score (nSPS) is 34.0. The topological polar surface area (TPSA) is 38.7 Å². The summed E-state index contributed by atoms with van der Waals surface area (Å²) in [6.07, 6.45) is 4.00. The van der Waals surface area contributed by atoms with Crippen LogP contribution >= 0.6 is 0 Å². The van der Waals surface area contributed by atoms with Crippen LogP contribution in [0.5, 0.6) is 0 Å². The van der Waals surface area contributed by atoms with Gasteiger partial charge in [0.25, 0.3) is 0 Å². The summed E-state index contributed by atoms with van der Waals surface area (Å²) in [6, 6.07) is 0.796. The van der Waals surface area contributed by atoms with E-state index in [1.165, 1.54) is 38.9 Å². The molecule has 0 aliphatic carbocycles. The monoisotopic (exact) mass is 255 g/mol. The van der Waals surface area contributed by atoms with E-state index in [1.54, 1.807) is 0 Å². The van der Waals surface area contributed by atoms with Crippen LogP contribution in [0.25, 0.3) is 0 Å². The number of piperidine rings is 2. The van der Waals surface area contributed by atoms with Crippen LogP contribution in [0.4, 0.5) is 0 Å². The molecule has 2 saturated heterocycles. The van der Waals surface area contributed by atoms with Gasteiger partial charge in [-0.3, -0.25) is 0 Å². The number of nitrogens with one attached hydrogen (secondary N) is 1. The number of rotatable bonds is 4. The number of hydrogen-bond acceptors (Lipinski definition) is 4. The maximum absolute atomic E-state index is 9.49. The van der Waals surface area contributed by atoms with E-state index in [9.17, 15) is 5.11 Å². The third-order valence-electron chi connectivity index (χ3n) is 4.95. The van der Waals surface area contributed by atoms with Crippen molar-refractivity contribution in [3.8, 4) is 0 Å². The molecule has 2 fully saturated rings. The second kappa shape index (κ2) is 5.87. The number of aliphatic hydroxyl groups is 1. The minimum atomic E-state index is -0.159. The Bertz CT molecular complexity index is 268. The lowest BCUT2D eigenvalue weighted by molar-refractivity contribution is 0.0214. The highest BCUT2D eigenvalue weighted by Gasteiger charge is 2.36. The molecular formula is C14H29N3O. The number of aliphatic hydroxyl groups excluding tert-OH is 1. The molecule has 4 heteroatoms. The van der Waals surface area contributed by atoms with Crippen LogP contribution in [-0.2, 0) is 0 Å².